The number of hydrogen-bond donors (Lipinski definition) is 1. The van der Waals surface area contributed by atoms with Gasteiger partial charge in [0, 0.05) is 30.3 Å². The van der Waals surface area contributed by atoms with Crippen molar-refractivity contribution in [3.8, 4) is 0 Å². The van der Waals surface area contributed by atoms with E-state index < -0.39 is 0 Å². The first-order valence-electron chi connectivity index (χ1n) is 9.57. The Morgan fingerprint density at radius 1 is 1.22 bits per heavy atom. The summed E-state index contributed by atoms with van der Waals surface area (Å²) in [5.74, 6) is 2.39. The van der Waals surface area contributed by atoms with E-state index in [0.717, 1.165) is 47.2 Å². The maximum atomic E-state index is 6.34. The predicted octanol–water partition coefficient (Wildman–Crippen LogP) is 4.97. The van der Waals surface area contributed by atoms with E-state index in [1.165, 1.54) is 22.4 Å². The van der Waals surface area contributed by atoms with Crippen molar-refractivity contribution in [2.45, 2.75) is 44.9 Å². The molecule has 0 aliphatic carbocycles. The number of rotatable bonds is 6. The highest BCUT2D eigenvalue weighted by atomic mass is 32.2. The summed E-state index contributed by atoms with van der Waals surface area (Å²) in [6, 6.07) is 10.7. The molecule has 4 rings (SSSR count). The van der Waals surface area contributed by atoms with Gasteiger partial charge in [-0.05, 0) is 29.9 Å². The Morgan fingerprint density at radius 2 is 2.04 bits per heavy atom. The monoisotopic (exact) mass is 398 g/mol. The molecule has 0 radical (unpaired) electrons. The van der Waals surface area contributed by atoms with Gasteiger partial charge in [-0.2, -0.15) is 0 Å². The zero-order valence-electron chi connectivity index (χ0n) is 15.9. The standard InChI is InChI=1S/C21H26N4S2/c1-14(2)9-11-26-21-23-19(22)18-16-8-10-25(12-15-6-4-3-5-7-15)13-17(16)27-20(18)24-21/h3-7,14H,8-13H2,1-2H3,(H2,22,23,24). The van der Waals surface area contributed by atoms with Gasteiger partial charge in [0.2, 0.25) is 0 Å². The van der Waals surface area contributed by atoms with E-state index in [9.17, 15) is 0 Å². The molecule has 27 heavy (non-hydrogen) atoms. The molecule has 0 amide bonds. The normalized spacial score (nSPS) is 14.8. The first-order valence-corrected chi connectivity index (χ1v) is 11.4. The summed E-state index contributed by atoms with van der Waals surface area (Å²) in [5, 5.41) is 1.92. The van der Waals surface area contributed by atoms with Crippen molar-refractivity contribution < 1.29 is 0 Å². The van der Waals surface area contributed by atoms with E-state index in [0.29, 0.717) is 11.7 Å². The molecule has 0 fully saturated rings. The van der Waals surface area contributed by atoms with E-state index in [1.54, 1.807) is 23.1 Å². The highest BCUT2D eigenvalue weighted by molar-refractivity contribution is 7.99. The SMILES string of the molecule is CC(C)CCSc1nc(N)c2c3c(sc2n1)CN(Cc1ccccc1)CC3. The number of thiophene rings is 1. The molecule has 1 aliphatic heterocycles. The van der Waals surface area contributed by atoms with Crippen molar-refractivity contribution in [2.24, 2.45) is 5.92 Å². The largest absolute Gasteiger partial charge is 0.383 e. The van der Waals surface area contributed by atoms with Crippen LogP contribution in [0.1, 0.15) is 36.3 Å². The quantitative estimate of drug-likeness (QED) is 0.469. The van der Waals surface area contributed by atoms with Crippen LogP contribution < -0.4 is 5.73 Å². The number of nitrogens with two attached hydrogens (primary N) is 1. The molecule has 142 valence electrons. The average Bonchev–Trinajstić information content (AvgIpc) is 3.00. The molecule has 0 atom stereocenters. The fraction of sp³-hybridized carbons (Fsp3) is 0.429. The van der Waals surface area contributed by atoms with Gasteiger partial charge in [-0.15, -0.1) is 11.3 Å². The van der Waals surface area contributed by atoms with Crippen LogP contribution in [0, 0.1) is 5.92 Å². The van der Waals surface area contributed by atoms with Crippen molar-refractivity contribution in [1.29, 1.82) is 0 Å². The minimum Gasteiger partial charge on any atom is -0.383 e. The Balaban J connectivity index is 1.53. The number of nitrogens with zero attached hydrogens (tertiary/aromatic N) is 3. The molecule has 2 N–H and O–H groups in total. The van der Waals surface area contributed by atoms with Crippen LogP contribution >= 0.6 is 23.1 Å². The minimum atomic E-state index is 0.654. The zero-order chi connectivity index (χ0) is 18.8. The Morgan fingerprint density at radius 3 is 2.81 bits per heavy atom. The maximum absolute atomic E-state index is 6.34. The highest BCUT2D eigenvalue weighted by Gasteiger charge is 2.24. The van der Waals surface area contributed by atoms with Crippen LogP contribution in [0.3, 0.4) is 0 Å². The molecule has 0 saturated heterocycles. The molecule has 0 saturated carbocycles. The molecule has 0 unspecified atom stereocenters. The second-order valence-electron chi connectivity index (χ2n) is 7.55. The van der Waals surface area contributed by atoms with Gasteiger partial charge in [-0.3, -0.25) is 4.90 Å². The summed E-state index contributed by atoms with van der Waals surface area (Å²) in [6.45, 7) is 7.51. The number of nitrogen functional groups attached to an aromatic ring is 1. The van der Waals surface area contributed by atoms with Crippen LogP contribution in [-0.2, 0) is 19.5 Å². The molecule has 4 nitrogen and oxygen atoms in total. The maximum Gasteiger partial charge on any atom is 0.190 e. The van der Waals surface area contributed by atoms with Crippen LogP contribution in [0.4, 0.5) is 5.82 Å². The molecule has 0 bridgehead atoms. The van der Waals surface area contributed by atoms with Crippen molar-refractivity contribution in [1.82, 2.24) is 14.9 Å². The second-order valence-corrected chi connectivity index (χ2v) is 9.70. The lowest BCUT2D eigenvalue weighted by atomic mass is 10.0. The van der Waals surface area contributed by atoms with Crippen LogP contribution in [-0.4, -0.2) is 27.2 Å². The van der Waals surface area contributed by atoms with Crippen LogP contribution in [0.2, 0.25) is 0 Å². The van der Waals surface area contributed by atoms with Crippen molar-refractivity contribution >= 4 is 39.1 Å². The summed E-state index contributed by atoms with van der Waals surface area (Å²) < 4.78 is 0. The van der Waals surface area contributed by atoms with Crippen molar-refractivity contribution in [3.05, 3.63) is 46.3 Å². The summed E-state index contributed by atoms with van der Waals surface area (Å²) in [5.41, 5.74) is 9.08. The Hall–Kier alpha value is -1.63. The first kappa shape index (κ1) is 18.7. The smallest absolute Gasteiger partial charge is 0.190 e. The van der Waals surface area contributed by atoms with Gasteiger partial charge in [0.05, 0.1) is 5.39 Å². The van der Waals surface area contributed by atoms with Crippen molar-refractivity contribution in [2.75, 3.05) is 18.0 Å². The van der Waals surface area contributed by atoms with Gasteiger partial charge >= 0.3 is 0 Å². The molecule has 1 aliphatic rings. The number of fused-ring (bicyclic) bond motifs is 3. The van der Waals surface area contributed by atoms with Gasteiger partial charge in [-0.25, -0.2) is 9.97 Å². The third-order valence-electron chi connectivity index (χ3n) is 4.96. The number of thioether (sulfide) groups is 1. The average molecular weight is 399 g/mol. The molecule has 3 aromatic rings. The topological polar surface area (TPSA) is 55.0 Å². The van der Waals surface area contributed by atoms with E-state index in [4.69, 9.17) is 10.7 Å². The summed E-state index contributed by atoms with van der Waals surface area (Å²) in [4.78, 5) is 14.4. The summed E-state index contributed by atoms with van der Waals surface area (Å²) >= 11 is 3.52. The van der Waals surface area contributed by atoms with Gasteiger partial charge < -0.3 is 5.73 Å². The van der Waals surface area contributed by atoms with Gasteiger partial charge in [0.1, 0.15) is 10.6 Å². The second kappa shape index (κ2) is 8.17. The predicted molar refractivity (Wildman–Crippen MR) is 116 cm³/mol. The molecular weight excluding hydrogens is 372 g/mol. The van der Waals surface area contributed by atoms with Gasteiger partial charge in [0.25, 0.3) is 0 Å². The number of aromatic nitrogens is 2. The Labute approximate surface area is 169 Å². The lowest BCUT2D eigenvalue weighted by molar-refractivity contribution is 0.249. The zero-order valence-corrected chi connectivity index (χ0v) is 17.6. The Bertz CT molecular complexity index is 921. The lowest BCUT2D eigenvalue weighted by Crippen LogP contribution is -2.29. The van der Waals surface area contributed by atoms with E-state index in [1.807, 2.05) is 0 Å². The van der Waals surface area contributed by atoms with Crippen molar-refractivity contribution in [3.63, 3.8) is 0 Å². The lowest BCUT2D eigenvalue weighted by Gasteiger charge is -2.26. The minimum absolute atomic E-state index is 0.654. The summed E-state index contributed by atoms with van der Waals surface area (Å²) in [7, 11) is 0. The fourth-order valence-electron chi connectivity index (χ4n) is 3.48. The molecule has 6 heteroatoms. The van der Waals surface area contributed by atoms with Crippen LogP contribution in [0.15, 0.2) is 35.5 Å². The first-order chi connectivity index (χ1) is 13.1. The third kappa shape index (κ3) is 4.28. The number of anilines is 1. The van der Waals surface area contributed by atoms with Crippen LogP contribution in [0.5, 0.6) is 0 Å². The van der Waals surface area contributed by atoms with E-state index in [-0.39, 0.29) is 0 Å². The molecule has 1 aromatic carbocycles. The van der Waals surface area contributed by atoms with Crippen LogP contribution in [0.25, 0.3) is 10.2 Å². The third-order valence-corrected chi connectivity index (χ3v) is 6.95. The fourth-order valence-corrected chi connectivity index (χ4v) is 5.90. The highest BCUT2D eigenvalue weighted by Crippen LogP contribution is 2.38. The molecule has 3 heterocycles. The number of benzene rings is 1. The molecular formula is C21H26N4S2. The molecule has 0 spiro atoms. The van der Waals surface area contributed by atoms with Gasteiger partial charge in [-0.1, -0.05) is 55.9 Å². The van der Waals surface area contributed by atoms with Gasteiger partial charge in [0.15, 0.2) is 5.16 Å². The summed E-state index contributed by atoms with van der Waals surface area (Å²) in [6.07, 6.45) is 2.19. The molecule has 2 aromatic heterocycles. The van der Waals surface area contributed by atoms with E-state index >= 15 is 0 Å². The number of hydrogen-bond acceptors (Lipinski definition) is 6. The Kier molecular flexibility index (Phi) is 5.66. The van der Waals surface area contributed by atoms with E-state index in [2.05, 4.69) is 54.1 Å².